The van der Waals surface area contributed by atoms with Crippen LogP contribution >= 0.6 is 0 Å². The van der Waals surface area contributed by atoms with Gasteiger partial charge in [0.05, 0.1) is 5.56 Å². The first-order valence-corrected chi connectivity index (χ1v) is 9.53. The zero-order valence-electron chi connectivity index (χ0n) is 16.3. The first kappa shape index (κ1) is 18.9. The highest BCUT2D eigenvalue weighted by atomic mass is 16.6. The molecule has 0 aliphatic carbocycles. The molecule has 1 amide bonds. The van der Waals surface area contributed by atoms with Gasteiger partial charge in [0.1, 0.15) is 0 Å². The number of aromatic nitrogens is 2. The Balaban J connectivity index is 1.46. The molecule has 0 N–H and O–H groups in total. The molecule has 1 fully saturated rings. The van der Waals surface area contributed by atoms with E-state index in [9.17, 15) is 9.59 Å². The van der Waals surface area contributed by atoms with Crippen molar-refractivity contribution in [2.24, 2.45) is 0 Å². The maximum atomic E-state index is 12.6. The molecule has 1 aliphatic rings. The molecule has 148 valence electrons. The highest BCUT2D eigenvalue weighted by Gasteiger charge is 2.24. The van der Waals surface area contributed by atoms with Gasteiger partial charge < -0.3 is 14.1 Å². The molecule has 7 heteroatoms. The number of rotatable bonds is 5. The van der Waals surface area contributed by atoms with Crippen LogP contribution in [0.5, 0.6) is 0 Å². The molecule has 1 atom stereocenters. The number of anilines is 1. The SMILES string of the molecule is Cc1ccc(-c2nnc(C(C)OC(=O)c3cccc(N4CCCC4=O)c3)o2)cc1. The van der Waals surface area contributed by atoms with Crippen molar-refractivity contribution in [1.82, 2.24) is 10.2 Å². The van der Waals surface area contributed by atoms with Crippen LogP contribution in [0.3, 0.4) is 0 Å². The van der Waals surface area contributed by atoms with Crippen molar-refractivity contribution >= 4 is 17.6 Å². The van der Waals surface area contributed by atoms with E-state index in [-0.39, 0.29) is 11.8 Å². The van der Waals surface area contributed by atoms with Gasteiger partial charge in [0.15, 0.2) is 6.10 Å². The summed E-state index contributed by atoms with van der Waals surface area (Å²) in [5.41, 5.74) is 3.01. The second-order valence-electron chi connectivity index (χ2n) is 7.06. The summed E-state index contributed by atoms with van der Waals surface area (Å²) in [5, 5.41) is 8.05. The van der Waals surface area contributed by atoms with Crippen LogP contribution in [0.25, 0.3) is 11.5 Å². The van der Waals surface area contributed by atoms with E-state index in [1.165, 1.54) is 0 Å². The molecule has 1 aromatic heterocycles. The topological polar surface area (TPSA) is 85.5 Å². The summed E-state index contributed by atoms with van der Waals surface area (Å²) in [6.07, 6.45) is 0.656. The number of carbonyl (C=O) groups is 2. The predicted molar refractivity (Wildman–Crippen MR) is 106 cm³/mol. The lowest BCUT2D eigenvalue weighted by molar-refractivity contribution is -0.117. The largest absolute Gasteiger partial charge is 0.449 e. The van der Waals surface area contributed by atoms with Gasteiger partial charge in [-0.25, -0.2) is 4.79 Å². The van der Waals surface area contributed by atoms with E-state index in [0.29, 0.717) is 30.1 Å². The Morgan fingerprint density at radius 3 is 2.69 bits per heavy atom. The fraction of sp³-hybridized carbons (Fsp3) is 0.273. The summed E-state index contributed by atoms with van der Waals surface area (Å²) in [5.74, 6) is 0.150. The summed E-state index contributed by atoms with van der Waals surface area (Å²) in [6, 6.07) is 14.6. The Hall–Kier alpha value is -3.48. The minimum atomic E-state index is -0.703. The molecule has 2 heterocycles. The summed E-state index contributed by atoms with van der Waals surface area (Å²) in [4.78, 5) is 26.2. The fourth-order valence-electron chi connectivity index (χ4n) is 3.21. The van der Waals surface area contributed by atoms with Crippen molar-refractivity contribution < 1.29 is 18.7 Å². The van der Waals surface area contributed by atoms with Crippen LogP contribution in [0, 0.1) is 6.92 Å². The molecule has 1 saturated heterocycles. The number of hydrogen-bond acceptors (Lipinski definition) is 6. The van der Waals surface area contributed by atoms with E-state index < -0.39 is 12.1 Å². The first-order chi connectivity index (χ1) is 14.0. The lowest BCUT2D eigenvalue weighted by Crippen LogP contribution is -2.24. The highest BCUT2D eigenvalue weighted by Crippen LogP contribution is 2.25. The number of benzene rings is 2. The number of ether oxygens (including phenoxy) is 1. The molecule has 2 aromatic carbocycles. The van der Waals surface area contributed by atoms with E-state index in [1.54, 1.807) is 30.0 Å². The summed E-state index contributed by atoms with van der Waals surface area (Å²) < 4.78 is 11.2. The summed E-state index contributed by atoms with van der Waals surface area (Å²) >= 11 is 0. The number of nitrogens with zero attached hydrogens (tertiary/aromatic N) is 3. The molecule has 7 nitrogen and oxygen atoms in total. The smallest absolute Gasteiger partial charge is 0.338 e. The van der Waals surface area contributed by atoms with Gasteiger partial charge in [0, 0.05) is 24.2 Å². The van der Waals surface area contributed by atoms with Crippen LogP contribution in [0.4, 0.5) is 5.69 Å². The predicted octanol–water partition coefficient (Wildman–Crippen LogP) is 4.09. The lowest BCUT2D eigenvalue weighted by atomic mass is 10.1. The number of aryl methyl sites for hydroxylation is 1. The van der Waals surface area contributed by atoms with Crippen LogP contribution in [0.15, 0.2) is 52.9 Å². The quantitative estimate of drug-likeness (QED) is 0.609. The Labute approximate surface area is 168 Å². The molecular weight excluding hydrogens is 370 g/mol. The van der Waals surface area contributed by atoms with Gasteiger partial charge in [-0.15, -0.1) is 10.2 Å². The van der Waals surface area contributed by atoms with E-state index in [2.05, 4.69) is 10.2 Å². The van der Waals surface area contributed by atoms with Crippen molar-refractivity contribution in [3.05, 3.63) is 65.5 Å². The van der Waals surface area contributed by atoms with Crippen LogP contribution in [0.1, 0.15) is 47.7 Å². The zero-order valence-corrected chi connectivity index (χ0v) is 16.3. The Bertz CT molecular complexity index is 1040. The van der Waals surface area contributed by atoms with Gasteiger partial charge in [0.2, 0.25) is 11.8 Å². The maximum Gasteiger partial charge on any atom is 0.338 e. The van der Waals surface area contributed by atoms with Crippen LogP contribution < -0.4 is 4.90 Å². The maximum absolute atomic E-state index is 12.6. The lowest BCUT2D eigenvalue weighted by Gasteiger charge is -2.16. The third-order valence-corrected chi connectivity index (χ3v) is 4.84. The number of carbonyl (C=O) groups excluding carboxylic acids is 2. The number of amides is 1. The van der Waals surface area contributed by atoms with Gasteiger partial charge in [-0.1, -0.05) is 23.8 Å². The van der Waals surface area contributed by atoms with Crippen molar-refractivity contribution in [3.8, 4) is 11.5 Å². The molecular formula is C22H21N3O4. The normalized spacial score (nSPS) is 14.8. The van der Waals surface area contributed by atoms with Gasteiger partial charge in [0.25, 0.3) is 5.89 Å². The molecule has 0 bridgehead atoms. The second kappa shape index (κ2) is 7.87. The van der Waals surface area contributed by atoms with E-state index >= 15 is 0 Å². The summed E-state index contributed by atoms with van der Waals surface area (Å²) in [7, 11) is 0. The molecule has 1 aliphatic heterocycles. The third-order valence-electron chi connectivity index (χ3n) is 4.84. The van der Waals surface area contributed by atoms with Gasteiger partial charge in [-0.05, 0) is 50.6 Å². The minimum absolute atomic E-state index is 0.0679. The van der Waals surface area contributed by atoms with Gasteiger partial charge >= 0.3 is 5.97 Å². The number of esters is 1. The molecule has 0 spiro atoms. The molecule has 29 heavy (non-hydrogen) atoms. The first-order valence-electron chi connectivity index (χ1n) is 9.53. The van der Waals surface area contributed by atoms with Crippen molar-refractivity contribution in [2.75, 3.05) is 11.4 Å². The number of hydrogen-bond donors (Lipinski definition) is 0. The Kier molecular flexibility index (Phi) is 5.12. The van der Waals surface area contributed by atoms with Gasteiger partial charge in [-0.2, -0.15) is 0 Å². The molecule has 3 aromatic rings. The third kappa shape index (κ3) is 4.03. The monoisotopic (exact) mass is 391 g/mol. The second-order valence-corrected chi connectivity index (χ2v) is 7.06. The van der Waals surface area contributed by atoms with Crippen molar-refractivity contribution in [1.29, 1.82) is 0 Å². The van der Waals surface area contributed by atoms with Crippen LogP contribution in [0.2, 0.25) is 0 Å². The average molecular weight is 391 g/mol. The van der Waals surface area contributed by atoms with E-state index in [4.69, 9.17) is 9.15 Å². The molecule has 0 radical (unpaired) electrons. The summed E-state index contributed by atoms with van der Waals surface area (Å²) in [6.45, 7) is 4.34. The van der Waals surface area contributed by atoms with Crippen molar-refractivity contribution in [2.45, 2.75) is 32.8 Å². The zero-order chi connectivity index (χ0) is 20.4. The molecule has 0 saturated carbocycles. The highest BCUT2D eigenvalue weighted by molar-refractivity contribution is 5.97. The fourth-order valence-corrected chi connectivity index (χ4v) is 3.21. The van der Waals surface area contributed by atoms with E-state index in [0.717, 1.165) is 17.5 Å². The van der Waals surface area contributed by atoms with E-state index in [1.807, 2.05) is 37.3 Å². The molecule has 1 unspecified atom stereocenters. The Morgan fingerprint density at radius 1 is 1.17 bits per heavy atom. The molecule has 4 rings (SSSR count). The van der Waals surface area contributed by atoms with Crippen molar-refractivity contribution in [3.63, 3.8) is 0 Å². The average Bonchev–Trinajstić information content (AvgIpc) is 3.38. The standard InChI is InChI=1S/C22H21N3O4/c1-14-8-10-16(11-9-14)21-24-23-20(29-21)15(2)28-22(27)17-5-3-6-18(13-17)25-12-4-7-19(25)26/h3,5-6,8-11,13,15H,4,7,12H2,1-2H3. The van der Waals surface area contributed by atoms with Gasteiger partial charge in [-0.3, -0.25) is 4.79 Å². The van der Waals surface area contributed by atoms with Crippen LogP contribution in [-0.4, -0.2) is 28.6 Å². The van der Waals surface area contributed by atoms with Crippen LogP contribution in [-0.2, 0) is 9.53 Å². The Morgan fingerprint density at radius 2 is 1.97 bits per heavy atom. The minimum Gasteiger partial charge on any atom is -0.449 e.